The minimum absolute atomic E-state index is 0.0578. The summed E-state index contributed by atoms with van der Waals surface area (Å²) in [7, 11) is 0. The Morgan fingerprint density at radius 3 is 2.50 bits per heavy atom. The van der Waals surface area contributed by atoms with Gasteiger partial charge in [-0.1, -0.05) is 13.3 Å². The van der Waals surface area contributed by atoms with E-state index in [0.29, 0.717) is 24.0 Å². The van der Waals surface area contributed by atoms with E-state index in [0.717, 1.165) is 6.42 Å². The maximum absolute atomic E-state index is 12.6. The third kappa shape index (κ3) is 2.35. The number of phenolic OH excluding ortho intramolecular Hbond substituents is 2. The topological polar surface area (TPSA) is 94.8 Å². The number of carboxylic acid groups (broad SMARTS) is 1. The summed E-state index contributed by atoms with van der Waals surface area (Å²) < 4.78 is 0. The minimum atomic E-state index is -0.921. The van der Waals surface area contributed by atoms with Crippen LogP contribution in [0.1, 0.15) is 48.5 Å². The molecule has 0 fully saturated rings. The number of aliphatic carboxylic acids is 1. The van der Waals surface area contributed by atoms with E-state index in [9.17, 15) is 19.8 Å². The Morgan fingerprint density at radius 2 is 1.90 bits per heavy atom. The van der Waals surface area contributed by atoms with E-state index in [1.165, 1.54) is 12.1 Å². The number of benzene rings is 1. The Labute approximate surface area is 116 Å². The van der Waals surface area contributed by atoms with Crippen LogP contribution in [-0.4, -0.2) is 27.1 Å². The maximum atomic E-state index is 12.6. The van der Waals surface area contributed by atoms with Gasteiger partial charge in [-0.3, -0.25) is 9.59 Å². The zero-order valence-electron chi connectivity index (χ0n) is 11.3. The summed E-state index contributed by atoms with van der Waals surface area (Å²) in [6.07, 6.45) is 2.03. The Balaban J connectivity index is 2.37. The highest BCUT2D eigenvalue weighted by Crippen LogP contribution is 2.46. The molecule has 1 aromatic rings. The fraction of sp³-hybridized carbons (Fsp3) is 0.467. The Bertz CT molecular complexity index is 564. The van der Waals surface area contributed by atoms with Crippen molar-refractivity contribution in [2.45, 2.75) is 39.0 Å². The first-order chi connectivity index (χ1) is 9.39. The normalized spacial score (nSPS) is 20.9. The van der Waals surface area contributed by atoms with Crippen LogP contribution < -0.4 is 0 Å². The predicted molar refractivity (Wildman–Crippen MR) is 72.0 cm³/mol. The molecule has 0 radical (unpaired) electrons. The van der Waals surface area contributed by atoms with Crippen molar-refractivity contribution in [1.29, 1.82) is 0 Å². The van der Waals surface area contributed by atoms with Crippen molar-refractivity contribution in [3.63, 3.8) is 0 Å². The molecule has 1 aliphatic rings. The summed E-state index contributed by atoms with van der Waals surface area (Å²) in [6, 6.07) is 2.69. The summed E-state index contributed by atoms with van der Waals surface area (Å²) in [5.41, 5.74) is 0.374. The van der Waals surface area contributed by atoms with Gasteiger partial charge in [0.15, 0.2) is 17.3 Å². The molecular weight excluding hydrogens is 260 g/mol. The standard InChI is InChI=1S/C15H18O5/c1-2-4-15(5-3-13(18)19)8-9-6-11(16)12(17)7-10(9)14(15)20/h6-7,16-17H,2-5,8H2,1H3,(H,18,19)/t15-/m1/s1. The highest BCUT2D eigenvalue weighted by molar-refractivity contribution is 6.05. The van der Waals surface area contributed by atoms with E-state index in [-0.39, 0.29) is 30.1 Å². The molecule has 0 saturated heterocycles. The summed E-state index contributed by atoms with van der Waals surface area (Å²) in [5, 5.41) is 27.9. The number of carbonyl (C=O) groups is 2. The zero-order valence-corrected chi connectivity index (χ0v) is 11.3. The molecule has 5 heteroatoms. The SMILES string of the molecule is CCC[C@@]1(CCC(=O)O)Cc2cc(O)c(O)cc2C1=O. The number of aromatic hydroxyl groups is 2. The summed E-state index contributed by atoms with van der Waals surface area (Å²) >= 11 is 0. The van der Waals surface area contributed by atoms with Gasteiger partial charge in [0, 0.05) is 17.4 Å². The number of carbonyl (C=O) groups excluding carboxylic acids is 1. The van der Waals surface area contributed by atoms with Crippen molar-refractivity contribution in [1.82, 2.24) is 0 Å². The minimum Gasteiger partial charge on any atom is -0.504 e. The number of ketones is 1. The smallest absolute Gasteiger partial charge is 0.303 e. The summed E-state index contributed by atoms with van der Waals surface area (Å²) in [6.45, 7) is 1.95. The lowest BCUT2D eigenvalue weighted by Gasteiger charge is -2.26. The fourth-order valence-electron chi connectivity index (χ4n) is 3.06. The lowest BCUT2D eigenvalue weighted by Crippen LogP contribution is -2.28. The molecule has 0 unspecified atom stereocenters. The lowest BCUT2D eigenvalue weighted by atomic mass is 9.75. The molecule has 0 amide bonds. The number of phenols is 2. The molecule has 20 heavy (non-hydrogen) atoms. The van der Waals surface area contributed by atoms with Gasteiger partial charge < -0.3 is 15.3 Å². The molecule has 1 aliphatic carbocycles. The maximum Gasteiger partial charge on any atom is 0.303 e. The van der Waals surface area contributed by atoms with Gasteiger partial charge in [0.25, 0.3) is 0 Å². The monoisotopic (exact) mass is 278 g/mol. The van der Waals surface area contributed by atoms with Gasteiger partial charge in [-0.2, -0.15) is 0 Å². The molecule has 1 atom stereocenters. The molecule has 0 spiro atoms. The molecule has 0 heterocycles. The van der Waals surface area contributed by atoms with Gasteiger partial charge in [-0.05, 0) is 37.0 Å². The van der Waals surface area contributed by atoms with Crippen LogP contribution >= 0.6 is 0 Å². The van der Waals surface area contributed by atoms with Crippen LogP contribution in [0.4, 0.5) is 0 Å². The van der Waals surface area contributed by atoms with E-state index in [2.05, 4.69) is 0 Å². The van der Waals surface area contributed by atoms with Crippen molar-refractivity contribution in [3.05, 3.63) is 23.3 Å². The molecular formula is C15H18O5. The second-order valence-electron chi connectivity index (χ2n) is 5.43. The number of carboxylic acids is 1. The molecule has 0 aromatic heterocycles. The molecule has 2 rings (SSSR count). The molecule has 5 nitrogen and oxygen atoms in total. The van der Waals surface area contributed by atoms with Crippen LogP contribution in [0.5, 0.6) is 11.5 Å². The number of fused-ring (bicyclic) bond motifs is 1. The third-order valence-electron chi connectivity index (χ3n) is 4.00. The van der Waals surface area contributed by atoms with Crippen molar-refractivity contribution >= 4 is 11.8 Å². The van der Waals surface area contributed by atoms with E-state index < -0.39 is 11.4 Å². The molecule has 0 saturated carbocycles. The summed E-state index contributed by atoms with van der Waals surface area (Å²) in [4.78, 5) is 23.4. The number of rotatable bonds is 5. The Kier molecular flexibility index (Phi) is 3.70. The second kappa shape index (κ2) is 5.15. The highest BCUT2D eigenvalue weighted by Gasteiger charge is 2.45. The predicted octanol–water partition coefficient (Wildman–Crippen LogP) is 2.49. The van der Waals surface area contributed by atoms with Crippen LogP contribution in [0.2, 0.25) is 0 Å². The Hall–Kier alpha value is -2.04. The lowest BCUT2D eigenvalue weighted by molar-refractivity contribution is -0.137. The highest BCUT2D eigenvalue weighted by atomic mass is 16.4. The largest absolute Gasteiger partial charge is 0.504 e. The summed E-state index contributed by atoms with van der Waals surface area (Å²) in [5.74, 6) is -1.61. The van der Waals surface area contributed by atoms with Gasteiger partial charge in [-0.25, -0.2) is 0 Å². The Morgan fingerprint density at radius 1 is 1.25 bits per heavy atom. The number of Topliss-reactive ketones (excluding diaryl/α,β-unsaturated/α-hetero) is 1. The fourth-order valence-corrected chi connectivity index (χ4v) is 3.06. The first-order valence-electron chi connectivity index (χ1n) is 6.71. The van der Waals surface area contributed by atoms with Gasteiger partial charge in [-0.15, -0.1) is 0 Å². The number of hydrogen-bond donors (Lipinski definition) is 3. The van der Waals surface area contributed by atoms with Gasteiger partial charge in [0.1, 0.15) is 0 Å². The molecule has 1 aromatic carbocycles. The second-order valence-corrected chi connectivity index (χ2v) is 5.43. The average Bonchev–Trinajstić information content (AvgIpc) is 2.63. The van der Waals surface area contributed by atoms with Crippen molar-refractivity contribution in [3.8, 4) is 11.5 Å². The first kappa shape index (κ1) is 14.4. The first-order valence-corrected chi connectivity index (χ1v) is 6.71. The van der Waals surface area contributed by atoms with Crippen molar-refractivity contribution in [2.24, 2.45) is 5.41 Å². The van der Waals surface area contributed by atoms with Gasteiger partial charge in [0.2, 0.25) is 0 Å². The van der Waals surface area contributed by atoms with E-state index in [1.807, 2.05) is 6.92 Å². The van der Waals surface area contributed by atoms with Crippen LogP contribution in [-0.2, 0) is 11.2 Å². The molecule has 108 valence electrons. The van der Waals surface area contributed by atoms with Crippen LogP contribution in [0, 0.1) is 5.41 Å². The molecule has 0 bridgehead atoms. The van der Waals surface area contributed by atoms with E-state index in [4.69, 9.17) is 5.11 Å². The quantitative estimate of drug-likeness (QED) is 0.719. The van der Waals surface area contributed by atoms with Crippen LogP contribution in [0.25, 0.3) is 0 Å². The van der Waals surface area contributed by atoms with Crippen molar-refractivity contribution < 1.29 is 24.9 Å². The van der Waals surface area contributed by atoms with Crippen molar-refractivity contribution in [2.75, 3.05) is 0 Å². The molecule has 0 aliphatic heterocycles. The van der Waals surface area contributed by atoms with E-state index in [1.54, 1.807) is 0 Å². The zero-order chi connectivity index (χ0) is 14.9. The van der Waals surface area contributed by atoms with Crippen LogP contribution in [0.15, 0.2) is 12.1 Å². The molecule has 3 N–H and O–H groups in total. The van der Waals surface area contributed by atoms with Gasteiger partial charge in [0.05, 0.1) is 0 Å². The van der Waals surface area contributed by atoms with E-state index >= 15 is 0 Å². The van der Waals surface area contributed by atoms with Crippen LogP contribution in [0.3, 0.4) is 0 Å². The average molecular weight is 278 g/mol. The number of hydrogen-bond acceptors (Lipinski definition) is 4. The van der Waals surface area contributed by atoms with Gasteiger partial charge >= 0.3 is 5.97 Å². The third-order valence-corrected chi connectivity index (χ3v) is 4.00.